The van der Waals surface area contributed by atoms with E-state index in [2.05, 4.69) is 23.6 Å². The SMILES string of the molecule is CN1C(CCO)C(=O)N(C2CCCC2)CC1(C)C. The Hall–Kier alpha value is -0.610. The number of piperazine rings is 1. The first kappa shape index (κ1) is 13.8. The molecule has 104 valence electrons. The lowest BCUT2D eigenvalue weighted by molar-refractivity contribution is -0.152. The summed E-state index contributed by atoms with van der Waals surface area (Å²) in [7, 11) is 2.00. The van der Waals surface area contributed by atoms with Crippen molar-refractivity contribution in [3.63, 3.8) is 0 Å². The summed E-state index contributed by atoms with van der Waals surface area (Å²) < 4.78 is 0. The maximum Gasteiger partial charge on any atom is 0.240 e. The number of likely N-dealkylation sites (N-methyl/N-ethyl adjacent to an activating group) is 1. The summed E-state index contributed by atoms with van der Waals surface area (Å²) in [6, 6.07) is 0.283. The Morgan fingerprint density at radius 3 is 2.50 bits per heavy atom. The third-order valence-electron chi connectivity index (χ3n) is 4.72. The van der Waals surface area contributed by atoms with E-state index < -0.39 is 0 Å². The van der Waals surface area contributed by atoms with Gasteiger partial charge in [-0.2, -0.15) is 0 Å². The summed E-state index contributed by atoms with van der Waals surface area (Å²) in [5, 5.41) is 9.18. The number of carbonyl (C=O) groups is 1. The van der Waals surface area contributed by atoms with Crippen molar-refractivity contribution >= 4 is 5.91 Å². The molecule has 1 aliphatic heterocycles. The molecule has 18 heavy (non-hydrogen) atoms. The van der Waals surface area contributed by atoms with Gasteiger partial charge in [0.2, 0.25) is 5.91 Å². The van der Waals surface area contributed by atoms with Gasteiger partial charge < -0.3 is 10.0 Å². The quantitative estimate of drug-likeness (QED) is 0.824. The topological polar surface area (TPSA) is 43.8 Å². The van der Waals surface area contributed by atoms with Crippen LogP contribution in [0.2, 0.25) is 0 Å². The lowest BCUT2D eigenvalue weighted by atomic mass is 9.92. The van der Waals surface area contributed by atoms with Crippen LogP contribution in [0, 0.1) is 0 Å². The molecule has 0 aromatic rings. The van der Waals surface area contributed by atoms with E-state index in [1.807, 2.05) is 7.05 Å². The van der Waals surface area contributed by atoms with Gasteiger partial charge in [0.05, 0.1) is 6.04 Å². The van der Waals surface area contributed by atoms with E-state index in [-0.39, 0.29) is 24.1 Å². The molecule has 2 rings (SSSR count). The molecule has 1 saturated carbocycles. The second kappa shape index (κ2) is 5.17. The Morgan fingerprint density at radius 2 is 1.94 bits per heavy atom. The van der Waals surface area contributed by atoms with Crippen LogP contribution in [0.25, 0.3) is 0 Å². The van der Waals surface area contributed by atoms with Crippen molar-refractivity contribution in [1.82, 2.24) is 9.80 Å². The van der Waals surface area contributed by atoms with E-state index in [4.69, 9.17) is 0 Å². The van der Waals surface area contributed by atoms with Gasteiger partial charge in [0.25, 0.3) is 0 Å². The first-order valence-electron chi connectivity index (χ1n) is 7.11. The normalized spacial score (nSPS) is 30.1. The fraction of sp³-hybridized carbons (Fsp3) is 0.929. The highest BCUT2D eigenvalue weighted by atomic mass is 16.3. The van der Waals surface area contributed by atoms with Crippen molar-refractivity contribution in [3.8, 4) is 0 Å². The second-order valence-electron chi connectivity index (χ2n) is 6.36. The molecule has 0 spiro atoms. The van der Waals surface area contributed by atoms with E-state index in [1.54, 1.807) is 0 Å². The summed E-state index contributed by atoms with van der Waals surface area (Å²) in [4.78, 5) is 16.8. The Labute approximate surface area is 110 Å². The van der Waals surface area contributed by atoms with Gasteiger partial charge in [0.15, 0.2) is 0 Å². The van der Waals surface area contributed by atoms with Crippen LogP contribution in [-0.2, 0) is 4.79 Å². The molecule has 1 unspecified atom stereocenters. The molecule has 0 aromatic carbocycles. The summed E-state index contributed by atoms with van der Waals surface area (Å²) in [5.41, 5.74) is -0.00363. The van der Waals surface area contributed by atoms with Crippen molar-refractivity contribution < 1.29 is 9.90 Å². The molecule has 1 amide bonds. The maximum absolute atomic E-state index is 12.6. The van der Waals surface area contributed by atoms with Crippen molar-refractivity contribution in [2.75, 3.05) is 20.2 Å². The van der Waals surface area contributed by atoms with Crippen LogP contribution in [0.4, 0.5) is 0 Å². The summed E-state index contributed by atoms with van der Waals surface area (Å²) in [5.74, 6) is 0.220. The van der Waals surface area contributed by atoms with Gasteiger partial charge >= 0.3 is 0 Å². The third kappa shape index (κ3) is 2.41. The Morgan fingerprint density at radius 1 is 1.33 bits per heavy atom. The van der Waals surface area contributed by atoms with E-state index in [9.17, 15) is 9.90 Å². The van der Waals surface area contributed by atoms with Crippen LogP contribution >= 0.6 is 0 Å². The van der Waals surface area contributed by atoms with Crippen LogP contribution in [0.15, 0.2) is 0 Å². The number of aliphatic hydroxyl groups excluding tert-OH is 1. The average Bonchev–Trinajstić information content (AvgIpc) is 2.83. The number of hydrogen-bond donors (Lipinski definition) is 1. The second-order valence-corrected chi connectivity index (χ2v) is 6.36. The van der Waals surface area contributed by atoms with Crippen LogP contribution in [0.5, 0.6) is 0 Å². The van der Waals surface area contributed by atoms with Gasteiger partial charge in [0.1, 0.15) is 0 Å². The molecule has 4 nitrogen and oxygen atoms in total. The molecule has 0 radical (unpaired) electrons. The molecule has 2 aliphatic rings. The predicted octanol–water partition coefficient (Wildman–Crippen LogP) is 1.23. The monoisotopic (exact) mass is 254 g/mol. The van der Waals surface area contributed by atoms with Crippen LogP contribution in [0.3, 0.4) is 0 Å². The highest BCUT2D eigenvalue weighted by Crippen LogP contribution is 2.32. The minimum atomic E-state index is -0.153. The van der Waals surface area contributed by atoms with E-state index in [0.717, 1.165) is 19.4 Å². The Bertz CT molecular complexity index is 311. The van der Waals surface area contributed by atoms with Gasteiger partial charge in [-0.25, -0.2) is 0 Å². The fourth-order valence-corrected chi connectivity index (χ4v) is 3.35. The average molecular weight is 254 g/mol. The Balaban J connectivity index is 2.18. The Kier molecular flexibility index (Phi) is 3.97. The number of hydrogen-bond acceptors (Lipinski definition) is 3. The van der Waals surface area contributed by atoms with E-state index in [0.29, 0.717) is 12.5 Å². The molecular formula is C14H26N2O2. The fourth-order valence-electron chi connectivity index (χ4n) is 3.35. The smallest absolute Gasteiger partial charge is 0.240 e. The summed E-state index contributed by atoms with van der Waals surface area (Å²) in [6.07, 6.45) is 5.33. The predicted molar refractivity (Wildman–Crippen MR) is 71.3 cm³/mol. The van der Waals surface area contributed by atoms with Gasteiger partial charge in [0, 0.05) is 24.7 Å². The zero-order valence-corrected chi connectivity index (χ0v) is 11.9. The van der Waals surface area contributed by atoms with Crippen molar-refractivity contribution in [2.45, 2.75) is 63.6 Å². The molecule has 0 aromatic heterocycles. The standard InChI is InChI=1S/C14H26N2O2/c1-14(2)10-16(11-6-4-5-7-11)13(18)12(8-9-17)15(14)3/h11-12,17H,4-10H2,1-3H3. The van der Waals surface area contributed by atoms with Crippen LogP contribution in [-0.4, -0.2) is 58.6 Å². The number of aliphatic hydroxyl groups is 1. The first-order valence-corrected chi connectivity index (χ1v) is 7.11. The maximum atomic E-state index is 12.6. The number of rotatable bonds is 3. The molecule has 1 heterocycles. The van der Waals surface area contributed by atoms with Crippen LogP contribution in [0.1, 0.15) is 46.0 Å². The highest BCUT2D eigenvalue weighted by Gasteiger charge is 2.44. The zero-order chi connectivity index (χ0) is 13.3. The minimum Gasteiger partial charge on any atom is -0.396 e. The highest BCUT2D eigenvalue weighted by molar-refractivity contribution is 5.83. The van der Waals surface area contributed by atoms with Gasteiger partial charge in [-0.1, -0.05) is 12.8 Å². The van der Waals surface area contributed by atoms with Gasteiger partial charge in [-0.05, 0) is 40.2 Å². The molecule has 1 atom stereocenters. The molecule has 4 heteroatoms. The molecule has 2 fully saturated rings. The lowest BCUT2D eigenvalue weighted by Gasteiger charge is -2.51. The van der Waals surface area contributed by atoms with E-state index >= 15 is 0 Å². The van der Waals surface area contributed by atoms with Crippen LogP contribution < -0.4 is 0 Å². The lowest BCUT2D eigenvalue weighted by Crippen LogP contribution is -2.66. The molecule has 1 N–H and O–H groups in total. The molecular weight excluding hydrogens is 228 g/mol. The van der Waals surface area contributed by atoms with Crippen molar-refractivity contribution in [2.24, 2.45) is 0 Å². The van der Waals surface area contributed by atoms with Crippen molar-refractivity contribution in [1.29, 1.82) is 0 Å². The van der Waals surface area contributed by atoms with Gasteiger partial charge in [-0.15, -0.1) is 0 Å². The first-order chi connectivity index (χ1) is 8.47. The molecule has 1 aliphatic carbocycles. The number of carbonyl (C=O) groups excluding carboxylic acids is 1. The number of nitrogens with zero attached hydrogens (tertiary/aromatic N) is 2. The number of amides is 1. The summed E-state index contributed by atoms with van der Waals surface area (Å²) >= 11 is 0. The molecule has 0 bridgehead atoms. The van der Waals surface area contributed by atoms with E-state index in [1.165, 1.54) is 12.8 Å². The minimum absolute atomic E-state index is 0.00363. The molecule has 1 saturated heterocycles. The zero-order valence-electron chi connectivity index (χ0n) is 11.9. The third-order valence-corrected chi connectivity index (χ3v) is 4.72. The van der Waals surface area contributed by atoms with Gasteiger partial charge in [-0.3, -0.25) is 9.69 Å². The van der Waals surface area contributed by atoms with Crippen molar-refractivity contribution in [3.05, 3.63) is 0 Å². The largest absolute Gasteiger partial charge is 0.396 e. The summed E-state index contributed by atoms with van der Waals surface area (Å²) in [6.45, 7) is 5.27.